The average Bonchev–Trinajstić information content (AvgIpc) is 3.42. The number of hydrogen-bond donors (Lipinski definition) is 2. The Morgan fingerprint density at radius 1 is 1.24 bits per heavy atom. The molecular formula is C24H29FN8O. The van der Waals surface area contributed by atoms with Gasteiger partial charge in [-0.25, -0.2) is 14.4 Å². The highest BCUT2D eigenvalue weighted by molar-refractivity contribution is 5.96. The van der Waals surface area contributed by atoms with Crippen LogP contribution in [0.4, 0.5) is 22.0 Å². The van der Waals surface area contributed by atoms with E-state index in [1.807, 2.05) is 30.3 Å². The Morgan fingerprint density at radius 2 is 2.09 bits per heavy atom. The highest BCUT2D eigenvalue weighted by atomic mass is 19.1. The van der Waals surface area contributed by atoms with E-state index in [2.05, 4.69) is 55.1 Å². The van der Waals surface area contributed by atoms with E-state index in [0.29, 0.717) is 30.5 Å². The van der Waals surface area contributed by atoms with Crippen molar-refractivity contribution in [1.29, 1.82) is 0 Å². The molecular weight excluding hydrogens is 435 g/mol. The highest BCUT2D eigenvalue weighted by Gasteiger charge is 2.30. The Balaban J connectivity index is 1.43. The quantitative estimate of drug-likeness (QED) is 0.436. The Bertz CT molecular complexity index is 1300. The fraction of sp³-hybridized carbons (Fsp3) is 0.417. The molecule has 1 saturated heterocycles. The molecule has 4 aromatic rings. The number of pyridine rings is 1. The van der Waals surface area contributed by atoms with Crippen LogP contribution in [0.1, 0.15) is 31.9 Å². The predicted octanol–water partition coefficient (Wildman–Crippen LogP) is 4.41. The molecule has 0 amide bonds. The van der Waals surface area contributed by atoms with E-state index >= 15 is 0 Å². The van der Waals surface area contributed by atoms with Gasteiger partial charge < -0.3 is 19.5 Å². The molecule has 0 aliphatic carbocycles. The van der Waals surface area contributed by atoms with Crippen molar-refractivity contribution in [2.45, 2.75) is 45.5 Å². The number of hydrogen-bond acceptors (Lipinski definition) is 7. The maximum absolute atomic E-state index is 14.4. The maximum atomic E-state index is 14.4. The molecule has 1 aliphatic rings. The zero-order chi connectivity index (χ0) is 23.8. The van der Waals surface area contributed by atoms with Crippen LogP contribution in [0.3, 0.4) is 0 Å². The number of methoxy groups -OCH3 is 1. The number of nitrogens with one attached hydrogen (secondary N) is 2. The number of fused-ring (bicyclic) bond motifs is 1. The second kappa shape index (κ2) is 9.02. The normalized spacial score (nSPS) is 18.7. The van der Waals surface area contributed by atoms with E-state index in [1.54, 1.807) is 19.4 Å². The lowest BCUT2D eigenvalue weighted by molar-refractivity contribution is 0.0194. The van der Waals surface area contributed by atoms with Crippen molar-refractivity contribution < 1.29 is 9.13 Å². The topological polar surface area (TPSA) is 96.8 Å². The molecule has 2 N–H and O–H groups in total. The number of anilines is 3. The first-order valence-corrected chi connectivity index (χ1v) is 11.5. The molecule has 9 nitrogen and oxygen atoms in total. The number of ether oxygens (including phenoxy) is 1. The SMILES string of the molecule is CO[C@H]1CCN(c2nccc(Nc3cc4c(cn3)c(-c3[nH]ncc3C)cn4C(C)C)n2)C[C@H]1F. The van der Waals surface area contributed by atoms with Gasteiger partial charge >= 0.3 is 0 Å². The molecule has 10 heteroatoms. The zero-order valence-electron chi connectivity index (χ0n) is 19.8. The number of aryl methyl sites for hydroxylation is 1. The van der Waals surface area contributed by atoms with E-state index in [9.17, 15) is 4.39 Å². The van der Waals surface area contributed by atoms with Crippen molar-refractivity contribution in [3.8, 4) is 11.3 Å². The fourth-order valence-electron chi connectivity index (χ4n) is 4.49. The third-order valence-electron chi connectivity index (χ3n) is 6.34. The smallest absolute Gasteiger partial charge is 0.227 e. The molecule has 178 valence electrons. The molecule has 2 atom stereocenters. The largest absolute Gasteiger partial charge is 0.378 e. The molecule has 0 unspecified atom stereocenters. The van der Waals surface area contributed by atoms with Crippen LogP contribution in [0.2, 0.25) is 0 Å². The minimum Gasteiger partial charge on any atom is -0.378 e. The first kappa shape index (κ1) is 22.3. The monoisotopic (exact) mass is 464 g/mol. The number of alkyl halides is 1. The van der Waals surface area contributed by atoms with E-state index in [-0.39, 0.29) is 18.7 Å². The van der Waals surface area contributed by atoms with Crippen LogP contribution in [-0.4, -0.2) is 62.2 Å². The Kier molecular flexibility index (Phi) is 5.91. The van der Waals surface area contributed by atoms with Crippen molar-refractivity contribution in [3.05, 3.63) is 42.5 Å². The lowest BCUT2D eigenvalue weighted by Crippen LogP contribution is -2.46. The van der Waals surface area contributed by atoms with Crippen LogP contribution in [0.5, 0.6) is 0 Å². The highest BCUT2D eigenvalue weighted by Crippen LogP contribution is 2.34. The molecule has 5 rings (SSSR count). The van der Waals surface area contributed by atoms with Gasteiger partial charge in [0.25, 0.3) is 0 Å². The van der Waals surface area contributed by atoms with Crippen molar-refractivity contribution in [2.24, 2.45) is 0 Å². The van der Waals surface area contributed by atoms with Crippen molar-refractivity contribution in [3.63, 3.8) is 0 Å². The summed E-state index contributed by atoms with van der Waals surface area (Å²) in [6, 6.07) is 4.07. The van der Waals surface area contributed by atoms with Gasteiger partial charge in [-0.05, 0) is 38.8 Å². The summed E-state index contributed by atoms with van der Waals surface area (Å²) in [6.45, 7) is 7.20. The third-order valence-corrected chi connectivity index (χ3v) is 6.34. The number of H-pyrrole nitrogens is 1. The van der Waals surface area contributed by atoms with E-state index in [1.165, 1.54) is 0 Å². The molecule has 0 radical (unpaired) electrons. The summed E-state index contributed by atoms with van der Waals surface area (Å²) in [5, 5.41) is 11.6. The number of halogens is 1. The molecule has 0 bridgehead atoms. The summed E-state index contributed by atoms with van der Waals surface area (Å²) in [5.41, 5.74) is 4.22. The predicted molar refractivity (Wildman–Crippen MR) is 130 cm³/mol. The number of piperidine rings is 1. The van der Waals surface area contributed by atoms with Crippen LogP contribution < -0.4 is 10.2 Å². The molecule has 0 saturated carbocycles. The first-order valence-electron chi connectivity index (χ1n) is 11.5. The summed E-state index contributed by atoms with van der Waals surface area (Å²) in [7, 11) is 1.55. The van der Waals surface area contributed by atoms with Gasteiger partial charge in [-0.1, -0.05) is 0 Å². The van der Waals surface area contributed by atoms with E-state index in [4.69, 9.17) is 4.74 Å². The van der Waals surface area contributed by atoms with E-state index in [0.717, 1.165) is 27.7 Å². The summed E-state index contributed by atoms with van der Waals surface area (Å²) in [4.78, 5) is 15.5. The summed E-state index contributed by atoms with van der Waals surface area (Å²) >= 11 is 0. The van der Waals surface area contributed by atoms with Gasteiger partial charge in [0.05, 0.1) is 30.1 Å². The van der Waals surface area contributed by atoms with Crippen molar-refractivity contribution in [2.75, 3.05) is 30.4 Å². The lowest BCUT2D eigenvalue weighted by Gasteiger charge is -2.33. The molecule has 5 heterocycles. The van der Waals surface area contributed by atoms with Crippen molar-refractivity contribution >= 4 is 28.5 Å². The molecule has 1 fully saturated rings. The third kappa shape index (κ3) is 4.09. The van der Waals surface area contributed by atoms with Gasteiger partial charge in [0.1, 0.15) is 17.8 Å². The minimum absolute atomic E-state index is 0.212. The van der Waals surface area contributed by atoms with Gasteiger partial charge in [0.2, 0.25) is 5.95 Å². The lowest BCUT2D eigenvalue weighted by atomic mass is 10.1. The van der Waals surface area contributed by atoms with Gasteiger partial charge in [-0.15, -0.1) is 0 Å². The van der Waals surface area contributed by atoms with Gasteiger partial charge in [0, 0.05) is 55.3 Å². The van der Waals surface area contributed by atoms with E-state index < -0.39 is 6.17 Å². The van der Waals surface area contributed by atoms with Gasteiger partial charge in [-0.2, -0.15) is 10.1 Å². The summed E-state index contributed by atoms with van der Waals surface area (Å²) < 4.78 is 21.8. The fourth-order valence-corrected chi connectivity index (χ4v) is 4.49. The second-order valence-electron chi connectivity index (χ2n) is 8.95. The number of aromatic nitrogens is 6. The molecule has 1 aliphatic heterocycles. The zero-order valence-corrected chi connectivity index (χ0v) is 19.8. The standard InChI is InChI=1S/C24H29FN8O/c1-14(2)33-12-17(23-15(3)10-28-31-23)16-11-27-22(9-19(16)33)29-21-5-7-26-24(30-21)32-8-6-20(34-4)18(25)13-32/h5,7,9-12,14,18,20H,6,8,13H2,1-4H3,(H,28,31)(H,26,27,29,30)/t18-,20+/m1/s1. The molecule has 0 spiro atoms. The Labute approximate surface area is 197 Å². The van der Waals surface area contributed by atoms with Crippen LogP contribution >= 0.6 is 0 Å². The summed E-state index contributed by atoms with van der Waals surface area (Å²) in [6.07, 6.45) is 6.67. The minimum atomic E-state index is -1.07. The van der Waals surface area contributed by atoms with Crippen LogP contribution in [0, 0.1) is 6.92 Å². The molecule has 34 heavy (non-hydrogen) atoms. The Morgan fingerprint density at radius 3 is 2.79 bits per heavy atom. The molecule has 0 aromatic carbocycles. The van der Waals surface area contributed by atoms with Crippen molar-refractivity contribution in [1.82, 2.24) is 29.7 Å². The van der Waals surface area contributed by atoms with Gasteiger partial charge in [0.15, 0.2) is 0 Å². The summed E-state index contributed by atoms with van der Waals surface area (Å²) in [5.74, 6) is 1.77. The Hall–Kier alpha value is -3.53. The number of nitrogens with zero attached hydrogens (tertiary/aromatic N) is 6. The van der Waals surface area contributed by atoms with Crippen LogP contribution in [-0.2, 0) is 4.74 Å². The van der Waals surface area contributed by atoms with Crippen LogP contribution in [0.15, 0.2) is 36.9 Å². The number of rotatable bonds is 6. The second-order valence-corrected chi connectivity index (χ2v) is 8.95. The maximum Gasteiger partial charge on any atom is 0.227 e. The molecule has 4 aromatic heterocycles. The first-order chi connectivity index (χ1) is 16.4. The van der Waals surface area contributed by atoms with Gasteiger partial charge in [-0.3, -0.25) is 5.10 Å². The number of aromatic amines is 1. The average molecular weight is 465 g/mol. The van der Waals surface area contributed by atoms with Crippen LogP contribution in [0.25, 0.3) is 22.2 Å².